The lowest BCUT2D eigenvalue weighted by Crippen LogP contribution is -1.97. The van der Waals surface area contributed by atoms with Gasteiger partial charge in [0, 0.05) is 6.42 Å². The first-order valence-electron chi connectivity index (χ1n) is 11.6. The van der Waals surface area contributed by atoms with Crippen LogP contribution in [0.4, 0.5) is 0 Å². The van der Waals surface area contributed by atoms with E-state index in [2.05, 4.69) is 17.0 Å². The molecule has 1 aromatic heterocycles. The molecule has 0 fully saturated rings. The SMILES string of the molecule is CCCCCCCCCCCCCCCc1nc(=S)n(-c2ccc(OC)cc2)[nH]1. The van der Waals surface area contributed by atoms with Crippen LogP contribution in [0.5, 0.6) is 5.75 Å². The third-order valence-electron chi connectivity index (χ3n) is 5.51. The van der Waals surface area contributed by atoms with Crippen molar-refractivity contribution in [2.75, 3.05) is 7.11 Å². The van der Waals surface area contributed by atoms with Gasteiger partial charge in [-0.1, -0.05) is 84.0 Å². The standard InChI is InChI=1S/C24H39N3OS/c1-3-4-5-6-7-8-9-10-11-12-13-14-15-16-23-25-24(29)27(26-23)21-17-19-22(28-2)20-18-21/h17-20H,3-16H2,1-2H3,(H,25,26,29). The molecule has 0 unspecified atom stereocenters. The monoisotopic (exact) mass is 417 g/mol. The molecule has 0 saturated carbocycles. The molecule has 4 nitrogen and oxygen atoms in total. The summed E-state index contributed by atoms with van der Waals surface area (Å²) in [4.78, 5) is 4.51. The second kappa shape index (κ2) is 14.4. The van der Waals surface area contributed by atoms with Crippen LogP contribution in [0.3, 0.4) is 0 Å². The number of nitrogens with zero attached hydrogens (tertiary/aromatic N) is 2. The molecule has 0 aliphatic heterocycles. The third kappa shape index (κ3) is 9.16. The number of unbranched alkanes of at least 4 members (excludes halogenated alkanes) is 12. The normalized spacial score (nSPS) is 11.1. The Labute approximate surface area is 182 Å². The van der Waals surface area contributed by atoms with E-state index >= 15 is 0 Å². The molecule has 0 radical (unpaired) electrons. The molecule has 162 valence electrons. The van der Waals surface area contributed by atoms with Crippen molar-refractivity contribution in [2.24, 2.45) is 0 Å². The zero-order chi connectivity index (χ0) is 20.7. The Hall–Kier alpha value is -1.62. The van der Waals surface area contributed by atoms with Crippen LogP contribution in [0.15, 0.2) is 24.3 Å². The molecule has 2 rings (SSSR count). The molecule has 0 aliphatic rings. The number of methoxy groups -OCH3 is 1. The van der Waals surface area contributed by atoms with E-state index in [1.54, 1.807) is 7.11 Å². The van der Waals surface area contributed by atoms with Crippen molar-refractivity contribution in [1.82, 2.24) is 14.8 Å². The van der Waals surface area contributed by atoms with Gasteiger partial charge in [0.25, 0.3) is 0 Å². The van der Waals surface area contributed by atoms with Crippen LogP contribution in [0.25, 0.3) is 5.69 Å². The maximum atomic E-state index is 5.41. The first-order valence-corrected chi connectivity index (χ1v) is 12.0. The average Bonchev–Trinajstić information content (AvgIpc) is 3.12. The van der Waals surface area contributed by atoms with Gasteiger partial charge in [0.15, 0.2) is 0 Å². The summed E-state index contributed by atoms with van der Waals surface area (Å²) in [5.41, 5.74) is 0.986. The molecule has 0 bridgehead atoms. The molecule has 1 aromatic carbocycles. The summed E-state index contributed by atoms with van der Waals surface area (Å²) in [5.74, 6) is 1.82. The summed E-state index contributed by atoms with van der Waals surface area (Å²) < 4.78 is 7.66. The van der Waals surface area contributed by atoms with E-state index in [4.69, 9.17) is 17.0 Å². The third-order valence-corrected chi connectivity index (χ3v) is 5.78. The van der Waals surface area contributed by atoms with Crippen LogP contribution in [-0.2, 0) is 6.42 Å². The summed E-state index contributed by atoms with van der Waals surface area (Å²) in [7, 11) is 1.67. The minimum absolute atomic E-state index is 0.583. The Kier molecular flexibility index (Phi) is 11.7. The molecule has 29 heavy (non-hydrogen) atoms. The molecule has 0 aliphatic carbocycles. The van der Waals surface area contributed by atoms with E-state index in [0.29, 0.717) is 4.77 Å². The Morgan fingerprint density at radius 2 is 1.34 bits per heavy atom. The van der Waals surface area contributed by atoms with Gasteiger partial charge in [-0.15, -0.1) is 0 Å². The fraction of sp³-hybridized carbons (Fsp3) is 0.667. The highest BCUT2D eigenvalue weighted by atomic mass is 32.1. The summed E-state index contributed by atoms with van der Waals surface area (Å²) in [5, 5.41) is 3.34. The van der Waals surface area contributed by atoms with Crippen molar-refractivity contribution < 1.29 is 4.74 Å². The summed E-state index contributed by atoms with van der Waals surface area (Å²) in [6.45, 7) is 2.28. The number of hydrogen-bond donors (Lipinski definition) is 1. The van der Waals surface area contributed by atoms with Crippen molar-refractivity contribution in [3.05, 3.63) is 34.9 Å². The number of ether oxygens (including phenoxy) is 1. The van der Waals surface area contributed by atoms with E-state index in [0.717, 1.165) is 23.7 Å². The minimum Gasteiger partial charge on any atom is -0.497 e. The number of H-pyrrole nitrogens is 1. The van der Waals surface area contributed by atoms with Crippen molar-refractivity contribution in [1.29, 1.82) is 0 Å². The van der Waals surface area contributed by atoms with E-state index in [1.165, 1.54) is 83.5 Å². The van der Waals surface area contributed by atoms with Gasteiger partial charge in [-0.25, -0.2) is 9.67 Å². The predicted octanol–water partition coefficient (Wildman–Crippen LogP) is 7.57. The second-order valence-corrected chi connectivity index (χ2v) is 8.34. The average molecular weight is 418 g/mol. The van der Waals surface area contributed by atoms with Crippen molar-refractivity contribution in [2.45, 2.75) is 96.8 Å². The molecule has 5 heteroatoms. The van der Waals surface area contributed by atoms with E-state index in [-0.39, 0.29) is 0 Å². The molecule has 1 heterocycles. The van der Waals surface area contributed by atoms with E-state index < -0.39 is 0 Å². The van der Waals surface area contributed by atoms with Crippen LogP contribution in [0, 0.1) is 4.77 Å². The number of hydrogen-bond acceptors (Lipinski definition) is 3. The van der Waals surface area contributed by atoms with Gasteiger partial charge in [-0.2, -0.15) is 0 Å². The molecule has 0 saturated heterocycles. The Bertz CT molecular complexity index is 720. The number of benzene rings is 1. The van der Waals surface area contributed by atoms with Gasteiger partial charge in [0.05, 0.1) is 12.8 Å². The van der Waals surface area contributed by atoms with E-state index in [1.807, 2.05) is 28.9 Å². The van der Waals surface area contributed by atoms with Gasteiger partial charge in [-0.3, -0.25) is 5.10 Å². The highest BCUT2D eigenvalue weighted by Crippen LogP contribution is 2.16. The van der Waals surface area contributed by atoms with Crippen molar-refractivity contribution in [3.8, 4) is 11.4 Å². The number of aromatic nitrogens is 3. The summed E-state index contributed by atoms with van der Waals surface area (Å²) in [6.07, 6.45) is 18.8. The zero-order valence-corrected chi connectivity index (χ0v) is 19.2. The van der Waals surface area contributed by atoms with Crippen LogP contribution >= 0.6 is 12.2 Å². The number of rotatable bonds is 16. The van der Waals surface area contributed by atoms with Gasteiger partial charge < -0.3 is 4.74 Å². The smallest absolute Gasteiger partial charge is 0.220 e. The molecule has 0 spiro atoms. The molecule has 0 atom stereocenters. The predicted molar refractivity (Wildman–Crippen MR) is 125 cm³/mol. The fourth-order valence-corrected chi connectivity index (χ4v) is 3.96. The maximum absolute atomic E-state index is 5.41. The van der Waals surface area contributed by atoms with Gasteiger partial charge in [-0.05, 0) is 42.9 Å². The molecule has 1 N–H and O–H groups in total. The lowest BCUT2D eigenvalue weighted by Gasteiger charge is -2.04. The zero-order valence-electron chi connectivity index (χ0n) is 18.4. The molecular weight excluding hydrogens is 378 g/mol. The molecular formula is C24H39N3OS. The lowest BCUT2D eigenvalue weighted by atomic mass is 10.0. The Balaban J connectivity index is 1.54. The van der Waals surface area contributed by atoms with Crippen LogP contribution in [-0.4, -0.2) is 21.9 Å². The Morgan fingerprint density at radius 3 is 1.86 bits per heavy atom. The lowest BCUT2D eigenvalue weighted by molar-refractivity contribution is 0.414. The summed E-state index contributed by atoms with van der Waals surface area (Å²) >= 11 is 5.41. The number of aromatic amines is 1. The minimum atomic E-state index is 0.583. The van der Waals surface area contributed by atoms with Crippen LogP contribution in [0.1, 0.15) is 96.2 Å². The highest BCUT2D eigenvalue weighted by molar-refractivity contribution is 7.71. The first-order chi connectivity index (χ1) is 14.2. The van der Waals surface area contributed by atoms with Crippen LogP contribution in [0.2, 0.25) is 0 Å². The second-order valence-electron chi connectivity index (χ2n) is 7.98. The van der Waals surface area contributed by atoms with Gasteiger partial charge >= 0.3 is 0 Å². The van der Waals surface area contributed by atoms with E-state index in [9.17, 15) is 0 Å². The number of nitrogens with one attached hydrogen (secondary N) is 1. The van der Waals surface area contributed by atoms with Crippen molar-refractivity contribution >= 4 is 12.2 Å². The largest absolute Gasteiger partial charge is 0.497 e. The summed E-state index contributed by atoms with van der Waals surface area (Å²) in [6, 6.07) is 7.85. The van der Waals surface area contributed by atoms with Crippen LogP contribution < -0.4 is 4.74 Å². The van der Waals surface area contributed by atoms with Crippen molar-refractivity contribution in [3.63, 3.8) is 0 Å². The fourth-order valence-electron chi connectivity index (χ4n) is 3.70. The quantitative estimate of drug-likeness (QED) is 0.226. The first kappa shape index (κ1) is 23.7. The van der Waals surface area contributed by atoms with Gasteiger partial charge in [0.1, 0.15) is 11.6 Å². The number of aryl methyl sites for hydroxylation is 1. The topological polar surface area (TPSA) is 42.8 Å². The Morgan fingerprint density at radius 1 is 0.828 bits per heavy atom. The highest BCUT2D eigenvalue weighted by Gasteiger charge is 2.05. The molecule has 2 aromatic rings. The molecule has 0 amide bonds. The van der Waals surface area contributed by atoms with Gasteiger partial charge in [0.2, 0.25) is 4.77 Å². The maximum Gasteiger partial charge on any atom is 0.220 e.